The Kier molecular flexibility index (Phi) is 4.10. The van der Waals surface area contributed by atoms with E-state index in [-0.39, 0.29) is 0 Å². The molecule has 0 aliphatic rings. The van der Waals surface area contributed by atoms with Crippen LogP contribution in [0.4, 0.5) is 11.4 Å². The van der Waals surface area contributed by atoms with Crippen molar-refractivity contribution in [1.82, 2.24) is 0 Å². The second kappa shape index (κ2) is 5.37. The molecule has 0 bridgehead atoms. The highest BCUT2D eigenvalue weighted by Crippen LogP contribution is 2.25. The van der Waals surface area contributed by atoms with E-state index in [1.165, 1.54) is 4.88 Å². The fourth-order valence-corrected chi connectivity index (χ4v) is 3.26. The van der Waals surface area contributed by atoms with Crippen LogP contribution in [0.25, 0.3) is 0 Å². The fourth-order valence-electron chi connectivity index (χ4n) is 1.32. The molecule has 0 unspecified atom stereocenters. The van der Waals surface area contributed by atoms with Crippen molar-refractivity contribution in [1.29, 1.82) is 0 Å². The number of thiophene rings is 1. The third-order valence-electron chi connectivity index (χ3n) is 2.10. The molecule has 1 aromatic heterocycles. The SMILES string of the molecule is Nc1cc(I)ccc1NCc1ccc(Br)s1. The van der Waals surface area contributed by atoms with Gasteiger partial charge in [0.25, 0.3) is 0 Å². The van der Waals surface area contributed by atoms with Gasteiger partial charge in [-0.05, 0) is 68.9 Å². The van der Waals surface area contributed by atoms with E-state index in [0.717, 1.165) is 25.3 Å². The van der Waals surface area contributed by atoms with E-state index in [2.05, 4.69) is 56.0 Å². The lowest BCUT2D eigenvalue weighted by Gasteiger charge is -2.08. The molecule has 0 radical (unpaired) electrons. The van der Waals surface area contributed by atoms with Crippen LogP contribution in [0.1, 0.15) is 4.88 Å². The summed E-state index contributed by atoms with van der Waals surface area (Å²) >= 11 is 7.43. The highest BCUT2D eigenvalue weighted by Gasteiger charge is 2.01. The van der Waals surface area contributed by atoms with Crippen LogP contribution in [0.5, 0.6) is 0 Å². The van der Waals surface area contributed by atoms with Gasteiger partial charge < -0.3 is 11.1 Å². The molecular formula is C11H10BrIN2S. The number of nitrogens with two attached hydrogens (primary N) is 1. The minimum atomic E-state index is 0.794. The average Bonchev–Trinajstić information content (AvgIpc) is 2.63. The third-order valence-corrected chi connectivity index (χ3v) is 4.39. The molecule has 0 spiro atoms. The van der Waals surface area contributed by atoms with Crippen LogP contribution in [-0.4, -0.2) is 0 Å². The molecule has 0 saturated heterocycles. The highest BCUT2D eigenvalue weighted by molar-refractivity contribution is 14.1. The average molecular weight is 409 g/mol. The summed E-state index contributed by atoms with van der Waals surface area (Å²) in [4.78, 5) is 1.28. The molecule has 0 atom stereocenters. The van der Waals surface area contributed by atoms with Crippen molar-refractivity contribution in [3.63, 3.8) is 0 Å². The van der Waals surface area contributed by atoms with E-state index in [1.54, 1.807) is 11.3 Å². The van der Waals surface area contributed by atoms with Crippen LogP contribution in [0.2, 0.25) is 0 Å². The molecule has 3 N–H and O–H groups in total. The molecule has 1 aromatic carbocycles. The Morgan fingerprint density at radius 1 is 1.31 bits per heavy atom. The first-order valence-electron chi connectivity index (χ1n) is 4.68. The topological polar surface area (TPSA) is 38.0 Å². The number of rotatable bonds is 3. The molecular weight excluding hydrogens is 399 g/mol. The summed E-state index contributed by atoms with van der Waals surface area (Å²) < 4.78 is 2.31. The van der Waals surface area contributed by atoms with Gasteiger partial charge in [0.2, 0.25) is 0 Å². The lowest BCUT2D eigenvalue weighted by molar-refractivity contribution is 1.19. The van der Waals surface area contributed by atoms with Gasteiger partial charge in [-0.15, -0.1) is 11.3 Å². The first kappa shape index (κ1) is 12.2. The Labute approximate surface area is 121 Å². The first-order chi connectivity index (χ1) is 7.65. The largest absolute Gasteiger partial charge is 0.397 e. The Morgan fingerprint density at radius 2 is 2.12 bits per heavy atom. The number of halogens is 2. The predicted molar refractivity (Wildman–Crippen MR) is 82.9 cm³/mol. The molecule has 1 heterocycles. The van der Waals surface area contributed by atoms with Crippen molar-refractivity contribution in [2.75, 3.05) is 11.1 Å². The van der Waals surface area contributed by atoms with Gasteiger partial charge in [-0.1, -0.05) is 0 Å². The van der Waals surface area contributed by atoms with Crippen LogP contribution in [0.3, 0.4) is 0 Å². The van der Waals surface area contributed by atoms with Crippen LogP contribution >= 0.6 is 49.9 Å². The molecule has 2 nitrogen and oxygen atoms in total. The maximum Gasteiger partial charge on any atom is 0.0702 e. The maximum absolute atomic E-state index is 5.92. The quantitative estimate of drug-likeness (QED) is 0.586. The monoisotopic (exact) mass is 408 g/mol. The van der Waals surface area contributed by atoms with E-state index < -0.39 is 0 Å². The van der Waals surface area contributed by atoms with Crippen LogP contribution in [0, 0.1) is 3.57 Å². The van der Waals surface area contributed by atoms with Crippen molar-refractivity contribution >= 4 is 61.2 Å². The summed E-state index contributed by atoms with van der Waals surface area (Å²) in [6.45, 7) is 0.807. The zero-order valence-corrected chi connectivity index (χ0v) is 12.9. The summed E-state index contributed by atoms with van der Waals surface area (Å²) in [5.74, 6) is 0. The molecule has 2 rings (SSSR count). The Balaban J connectivity index is 2.04. The van der Waals surface area contributed by atoms with Crippen LogP contribution < -0.4 is 11.1 Å². The second-order valence-corrected chi connectivity index (χ2v) is 7.08. The van der Waals surface area contributed by atoms with Gasteiger partial charge >= 0.3 is 0 Å². The number of benzene rings is 1. The summed E-state index contributed by atoms with van der Waals surface area (Å²) in [5, 5.41) is 3.33. The van der Waals surface area contributed by atoms with E-state index >= 15 is 0 Å². The first-order valence-corrected chi connectivity index (χ1v) is 7.37. The van der Waals surface area contributed by atoms with Crippen molar-refractivity contribution < 1.29 is 0 Å². The van der Waals surface area contributed by atoms with Crippen LogP contribution in [0.15, 0.2) is 34.1 Å². The van der Waals surface area contributed by atoms with Gasteiger partial charge in [-0.25, -0.2) is 0 Å². The summed E-state index contributed by atoms with van der Waals surface area (Å²) in [5.41, 5.74) is 7.70. The van der Waals surface area contributed by atoms with Gasteiger partial charge in [0.05, 0.1) is 15.2 Å². The van der Waals surface area contributed by atoms with E-state index in [9.17, 15) is 0 Å². The number of nitrogens with one attached hydrogen (secondary N) is 1. The Morgan fingerprint density at radius 3 is 2.75 bits per heavy atom. The second-order valence-electron chi connectivity index (χ2n) is 3.29. The molecule has 0 aliphatic carbocycles. The normalized spacial score (nSPS) is 10.4. The predicted octanol–water partition coefficient (Wildman–Crippen LogP) is 4.31. The molecule has 0 fully saturated rings. The minimum absolute atomic E-state index is 0.794. The summed E-state index contributed by atoms with van der Waals surface area (Å²) in [6, 6.07) is 10.2. The van der Waals surface area contributed by atoms with Crippen LogP contribution in [-0.2, 0) is 6.54 Å². The smallest absolute Gasteiger partial charge is 0.0702 e. The number of nitrogen functional groups attached to an aromatic ring is 1. The number of hydrogen-bond donors (Lipinski definition) is 2. The van der Waals surface area contributed by atoms with Crippen molar-refractivity contribution in [3.05, 3.63) is 42.6 Å². The minimum Gasteiger partial charge on any atom is -0.397 e. The van der Waals surface area contributed by atoms with Gasteiger partial charge in [0.1, 0.15) is 0 Å². The Bertz CT molecular complexity index is 498. The molecule has 0 amide bonds. The van der Waals surface area contributed by atoms with Gasteiger partial charge in [0, 0.05) is 15.0 Å². The maximum atomic E-state index is 5.92. The molecule has 0 saturated carbocycles. The van der Waals surface area contributed by atoms with Crippen molar-refractivity contribution in [2.45, 2.75) is 6.54 Å². The molecule has 2 aromatic rings. The zero-order valence-electron chi connectivity index (χ0n) is 8.34. The fraction of sp³-hybridized carbons (Fsp3) is 0.0909. The Hall–Kier alpha value is -0.270. The lowest BCUT2D eigenvalue weighted by Crippen LogP contribution is -2.01. The molecule has 16 heavy (non-hydrogen) atoms. The summed E-state index contributed by atoms with van der Waals surface area (Å²) in [7, 11) is 0. The number of hydrogen-bond acceptors (Lipinski definition) is 3. The van der Waals surface area contributed by atoms with Crippen molar-refractivity contribution in [2.24, 2.45) is 0 Å². The van der Waals surface area contributed by atoms with Gasteiger partial charge in [0.15, 0.2) is 0 Å². The van der Waals surface area contributed by atoms with E-state index in [0.29, 0.717) is 0 Å². The van der Waals surface area contributed by atoms with E-state index in [1.807, 2.05) is 18.2 Å². The standard InChI is InChI=1S/C11H10BrIN2S/c12-11-4-2-8(16-11)6-15-10-3-1-7(13)5-9(10)14/h1-5,15H,6,14H2. The molecule has 84 valence electrons. The summed E-state index contributed by atoms with van der Waals surface area (Å²) in [6.07, 6.45) is 0. The van der Waals surface area contributed by atoms with E-state index in [4.69, 9.17) is 5.73 Å². The van der Waals surface area contributed by atoms with Crippen molar-refractivity contribution in [3.8, 4) is 0 Å². The van der Waals surface area contributed by atoms with Gasteiger partial charge in [-0.3, -0.25) is 0 Å². The zero-order chi connectivity index (χ0) is 11.5. The third kappa shape index (κ3) is 3.11. The number of anilines is 2. The molecule has 5 heteroatoms. The highest BCUT2D eigenvalue weighted by atomic mass is 127. The molecule has 0 aliphatic heterocycles. The van der Waals surface area contributed by atoms with Gasteiger partial charge in [-0.2, -0.15) is 0 Å². The lowest BCUT2D eigenvalue weighted by atomic mass is 10.2.